The highest BCUT2D eigenvalue weighted by Crippen LogP contribution is 2.36. The normalized spacial score (nSPS) is 25.2. The Labute approximate surface area is 47.4 Å². The van der Waals surface area contributed by atoms with Crippen LogP contribution in [0.5, 0.6) is 0 Å². The van der Waals surface area contributed by atoms with Gasteiger partial charge in [-0.1, -0.05) is 0 Å². The van der Waals surface area contributed by atoms with E-state index < -0.39 is 15.0 Å². The summed E-state index contributed by atoms with van der Waals surface area (Å²) in [6, 6.07) is 0. The quantitative estimate of drug-likeness (QED) is 0.469. The van der Waals surface area contributed by atoms with Crippen LogP contribution in [0.2, 0.25) is 0 Å². The van der Waals surface area contributed by atoms with Crippen molar-refractivity contribution in [2.24, 2.45) is 5.73 Å². The molecule has 4 nitrogen and oxygen atoms in total. The van der Waals surface area contributed by atoms with Crippen molar-refractivity contribution in [3.8, 4) is 0 Å². The van der Waals surface area contributed by atoms with E-state index in [1.807, 2.05) is 0 Å². The average Bonchev–Trinajstić information content (AvgIpc) is 2.16. The third-order valence-electron chi connectivity index (χ3n) is 1.26. The largest absolute Gasteiger partial charge is 0.311 e. The van der Waals surface area contributed by atoms with Gasteiger partial charge in [-0.3, -0.25) is 4.55 Å². The zero-order valence-corrected chi connectivity index (χ0v) is 4.98. The van der Waals surface area contributed by atoms with E-state index in [-0.39, 0.29) is 0 Å². The lowest BCUT2D eigenvalue weighted by Crippen LogP contribution is -2.31. The summed E-state index contributed by atoms with van der Waals surface area (Å²) in [5.74, 6) is 0. The molecular formula is C3H7NO3S. The maximum absolute atomic E-state index is 10.1. The van der Waals surface area contributed by atoms with E-state index in [1.54, 1.807) is 0 Å². The second kappa shape index (κ2) is 1.23. The molecule has 1 aliphatic rings. The first-order valence-electron chi connectivity index (χ1n) is 2.22. The van der Waals surface area contributed by atoms with Crippen molar-refractivity contribution in [1.29, 1.82) is 0 Å². The topological polar surface area (TPSA) is 80.4 Å². The van der Waals surface area contributed by atoms with Gasteiger partial charge in [0.2, 0.25) is 0 Å². The van der Waals surface area contributed by atoms with E-state index in [9.17, 15) is 8.42 Å². The van der Waals surface area contributed by atoms with Gasteiger partial charge in [0.05, 0.1) is 0 Å². The van der Waals surface area contributed by atoms with Gasteiger partial charge in [0.25, 0.3) is 10.1 Å². The van der Waals surface area contributed by atoms with Crippen LogP contribution in [0.25, 0.3) is 0 Å². The monoisotopic (exact) mass is 137 g/mol. The predicted molar refractivity (Wildman–Crippen MR) is 27.7 cm³/mol. The zero-order valence-electron chi connectivity index (χ0n) is 4.16. The molecule has 1 aliphatic carbocycles. The molecule has 0 aliphatic heterocycles. The van der Waals surface area contributed by atoms with Crippen molar-refractivity contribution in [1.82, 2.24) is 0 Å². The Kier molecular flexibility index (Phi) is 0.922. The molecular weight excluding hydrogens is 130 g/mol. The molecule has 1 saturated carbocycles. The summed E-state index contributed by atoms with van der Waals surface area (Å²) in [5.41, 5.74) is 5.09. The highest BCUT2D eigenvalue weighted by Gasteiger charge is 2.50. The zero-order chi connectivity index (χ0) is 6.41. The van der Waals surface area contributed by atoms with Crippen LogP contribution in [0.4, 0.5) is 0 Å². The third-order valence-corrected chi connectivity index (χ3v) is 2.69. The summed E-state index contributed by atoms with van der Waals surface area (Å²) in [5, 5.41) is 0. The molecule has 48 valence electrons. The summed E-state index contributed by atoms with van der Waals surface area (Å²) in [7, 11) is -3.95. The third kappa shape index (κ3) is 0.724. The fraction of sp³-hybridized carbons (Fsp3) is 1.00. The van der Waals surface area contributed by atoms with Crippen LogP contribution in [0.1, 0.15) is 12.8 Å². The summed E-state index contributed by atoms with van der Waals surface area (Å²) in [6.07, 6.45) is 0.762. The summed E-state index contributed by atoms with van der Waals surface area (Å²) in [6.45, 7) is 0. The molecule has 1 fully saturated rings. The van der Waals surface area contributed by atoms with Gasteiger partial charge in [0.15, 0.2) is 0 Å². The van der Waals surface area contributed by atoms with Crippen molar-refractivity contribution < 1.29 is 13.0 Å². The van der Waals surface area contributed by atoms with E-state index in [1.165, 1.54) is 0 Å². The van der Waals surface area contributed by atoms with Gasteiger partial charge < -0.3 is 5.73 Å². The fourth-order valence-electron chi connectivity index (χ4n) is 0.381. The van der Waals surface area contributed by atoms with Crippen LogP contribution in [0.15, 0.2) is 0 Å². The predicted octanol–water partition coefficient (Wildman–Crippen LogP) is -0.677. The highest BCUT2D eigenvalue weighted by molar-refractivity contribution is 7.87. The van der Waals surface area contributed by atoms with Crippen LogP contribution in [0, 0.1) is 0 Å². The van der Waals surface area contributed by atoms with Gasteiger partial charge in [0.1, 0.15) is 4.87 Å². The van der Waals surface area contributed by atoms with Crippen LogP contribution >= 0.6 is 0 Å². The Hall–Kier alpha value is -0.130. The van der Waals surface area contributed by atoms with Gasteiger partial charge in [-0.2, -0.15) is 8.42 Å². The number of nitrogens with two attached hydrogens (primary N) is 1. The van der Waals surface area contributed by atoms with Gasteiger partial charge >= 0.3 is 0 Å². The Balaban J connectivity index is 2.90. The van der Waals surface area contributed by atoms with E-state index in [4.69, 9.17) is 10.3 Å². The standard InChI is InChI=1S/C3H7NO3S/c4-3(1-2-3)8(5,6)7/h1-2,4H2,(H,5,6,7). The first-order valence-corrected chi connectivity index (χ1v) is 3.66. The lowest BCUT2D eigenvalue weighted by Gasteiger charge is -2.00. The maximum atomic E-state index is 10.1. The van der Waals surface area contributed by atoms with Gasteiger partial charge in [0, 0.05) is 0 Å². The maximum Gasteiger partial charge on any atom is 0.283 e. The van der Waals surface area contributed by atoms with Crippen molar-refractivity contribution in [2.75, 3.05) is 0 Å². The van der Waals surface area contributed by atoms with Crippen LogP contribution in [-0.4, -0.2) is 17.8 Å². The summed E-state index contributed by atoms with van der Waals surface area (Å²) < 4.78 is 28.6. The van der Waals surface area contributed by atoms with Crippen LogP contribution in [0.3, 0.4) is 0 Å². The summed E-state index contributed by atoms with van der Waals surface area (Å²) >= 11 is 0. The molecule has 0 bridgehead atoms. The summed E-state index contributed by atoms with van der Waals surface area (Å²) in [4.78, 5) is -1.28. The van der Waals surface area contributed by atoms with E-state index in [2.05, 4.69) is 0 Å². The molecule has 0 aromatic heterocycles. The van der Waals surface area contributed by atoms with E-state index in [0.29, 0.717) is 12.8 Å². The minimum atomic E-state index is -3.95. The molecule has 0 amide bonds. The first-order chi connectivity index (χ1) is 3.46. The van der Waals surface area contributed by atoms with Crippen molar-refractivity contribution in [3.63, 3.8) is 0 Å². The second-order valence-corrected chi connectivity index (χ2v) is 3.80. The van der Waals surface area contributed by atoms with Crippen LogP contribution in [-0.2, 0) is 10.1 Å². The lowest BCUT2D eigenvalue weighted by molar-refractivity contribution is 0.465. The molecule has 0 spiro atoms. The first kappa shape index (κ1) is 6.00. The van der Waals surface area contributed by atoms with E-state index in [0.717, 1.165) is 0 Å². The molecule has 8 heavy (non-hydrogen) atoms. The minimum absolute atomic E-state index is 0.381. The Morgan fingerprint density at radius 3 is 1.88 bits per heavy atom. The highest BCUT2D eigenvalue weighted by atomic mass is 32.2. The van der Waals surface area contributed by atoms with Gasteiger partial charge in [-0.15, -0.1) is 0 Å². The average molecular weight is 137 g/mol. The SMILES string of the molecule is NC1(S(=O)(=O)O)CC1. The van der Waals surface area contributed by atoms with Crippen molar-refractivity contribution in [3.05, 3.63) is 0 Å². The molecule has 0 unspecified atom stereocenters. The Morgan fingerprint density at radius 1 is 1.50 bits per heavy atom. The Morgan fingerprint density at radius 2 is 1.88 bits per heavy atom. The van der Waals surface area contributed by atoms with Crippen LogP contribution < -0.4 is 5.73 Å². The van der Waals surface area contributed by atoms with Crippen molar-refractivity contribution >= 4 is 10.1 Å². The number of hydrogen-bond donors (Lipinski definition) is 2. The van der Waals surface area contributed by atoms with Crippen molar-refractivity contribution in [2.45, 2.75) is 17.7 Å². The van der Waals surface area contributed by atoms with Gasteiger partial charge in [-0.25, -0.2) is 0 Å². The fourth-order valence-corrected chi connectivity index (χ4v) is 0.999. The molecule has 3 N–H and O–H groups in total. The molecule has 1 rings (SSSR count). The molecule has 0 radical (unpaired) electrons. The number of hydrogen-bond acceptors (Lipinski definition) is 3. The molecule has 0 aromatic carbocycles. The lowest BCUT2D eigenvalue weighted by atomic mass is 10.8. The molecule has 0 aromatic rings. The minimum Gasteiger partial charge on any atom is -0.311 e. The smallest absolute Gasteiger partial charge is 0.283 e. The second-order valence-electron chi connectivity index (χ2n) is 2.04. The Bertz CT molecular complexity index is 191. The molecule has 0 saturated heterocycles. The molecule has 5 heteroatoms. The van der Waals surface area contributed by atoms with Gasteiger partial charge in [-0.05, 0) is 12.8 Å². The molecule has 0 heterocycles. The number of rotatable bonds is 1. The van der Waals surface area contributed by atoms with E-state index >= 15 is 0 Å². The molecule has 0 atom stereocenters.